The van der Waals surface area contributed by atoms with Gasteiger partial charge in [0.15, 0.2) is 11.5 Å². The van der Waals surface area contributed by atoms with Crippen molar-refractivity contribution in [1.29, 1.82) is 0 Å². The van der Waals surface area contributed by atoms with Gasteiger partial charge < -0.3 is 24.4 Å². The van der Waals surface area contributed by atoms with Crippen molar-refractivity contribution in [3.63, 3.8) is 0 Å². The third-order valence-electron chi connectivity index (χ3n) is 6.25. The van der Waals surface area contributed by atoms with E-state index in [1.165, 1.54) is 21.6 Å². The van der Waals surface area contributed by atoms with Gasteiger partial charge in [0.1, 0.15) is 18.3 Å². The summed E-state index contributed by atoms with van der Waals surface area (Å²) in [5.41, 5.74) is 3.77. The van der Waals surface area contributed by atoms with Gasteiger partial charge in [0.25, 0.3) is 0 Å². The van der Waals surface area contributed by atoms with E-state index in [0.717, 1.165) is 49.6 Å². The Labute approximate surface area is 178 Å². The zero-order valence-electron chi connectivity index (χ0n) is 18.0. The molecule has 0 spiro atoms. The summed E-state index contributed by atoms with van der Waals surface area (Å²) in [5, 5.41) is 3.20. The summed E-state index contributed by atoms with van der Waals surface area (Å²) in [6.07, 6.45) is 3.00. The number of rotatable bonds is 8. The Morgan fingerprint density at radius 3 is 2.37 bits per heavy atom. The molecule has 160 valence electrons. The van der Waals surface area contributed by atoms with Gasteiger partial charge in [0, 0.05) is 23.5 Å². The van der Waals surface area contributed by atoms with E-state index in [1.807, 2.05) is 12.1 Å². The van der Waals surface area contributed by atoms with Gasteiger partial charge >= 0.3 is 0 Å². The second-order valence-electron chi connectivity index (χ2n) is 8.16. The number of ether oxygens (including phenoxy) is 3. The number of quaternary nitrogens is 1. The van der Waals surface area contributed by atoms with Crippen LogP contribution in [0.5, 0.6) is 17.2 Å². The van der Waals surface area contributed by atoms with Crippen LogP contribution in [-0.2, 0) is 17.8 Å². The first-order valence-corrected chi connectivity index (χ1v) is 10.6. The molecule has 1 heterocycles. The Morgan fingerprint density at radius 2 is 1.73 bits per heavy atom. The van der Waals surface area contributed by atoms with Crippen LogP contribution in [0.1, 0.15) is 35.6 Å². The molecule has 6 nitrogen and oxygen atoms in total. The summed E-state index contributed by atoms with van der Waals surface area (Å²) < 4.78 is 16.4. The number of fused-ring (bicyclic) bond motifs is 1. The second-order valence-corrected chi connectivity index (χ2v) is 8.16. The zero-order chi connectivity index (χ0) is 21.1. The van der Waals surface area contributed by atoms with Crippen molar-refractivity contribution < 1.29 is 23.9 Å². The number of carbonyl (C=O) groups excluding carboxylic acids is 1. The first-order valence-electron chi connectivity index (χ1n) is 10.6. The van der Waals surface area contributed by atoms with E-state index in [2.05, 4.69) is 29.6 Å². The van der Waals surface area contributed by atoms with Crippen molar-refractivity contribution in [1.82, 2.24) is 5.32 Å². The molecule has 1 unspecified atom stereocenters. The Balaban J connectivity index is 1.60. The van der Waals surface area contributed by atoms with Gasteiger partial charge in [-0.15, -0.1) is 0 Å². The predicted molar refractivity (Wildman–Crippen MR) is 114 cm³/mol. The first kappa shape index (κ1) is 20.5. The molecule has 6 heteroatoms. The van der Waals surface area contributed by atoms with E-state index in [1.54, 1.807) is 21.3 Å². The molecule has 2 atom stereocenters. The van der Waals surface area contributed by atoms with Crippen molar-refractivity contribution in [2.75, 3.05) is 34.4 Å². The number of amides is 1. The summed E-state index contributed by atoms with van der Waals surface area (Å²) in [4.78, 5) is 13.8. The maximum absolute atomic E-state index is 12.3. The van der Waals surface area contributed by atoms with Crippen molar-refractivity contribution in [3.8, 4) is 17.2 Å². The largest absolute Gasteiger partial charge is 0.497 e. The molecule has 2 aromatic rings. The number of hydrogen-bond donors (Lipinski definition) is 2. The van der Waals surface area contributed by atoms with Crippen LogP contribution in [0.4, 0.5) is 0 Å². The Morgan fingerprint density at radius 1 is 1.03 bits per heavy atom. The molecule has 0 aromatic heterocycles. The van der Waals surface area contributed by atoms with Gasteiger partial charge in [-0.1, -0.05) is 0 Å². The fourth-order valence-electron chi connectivity index (χ4n) is 4.33. The van der Waals surface area contributed by atoms with Crippen molar-refractivity contribution in [2.24, 2.45) is 5.92 Å². The number of methoxy groups -OCH3 is 3. The Hall–Kier alpha value is -2.73. The normalized spacial score (nSPS) is 20.2. The summed E-state index contributed by atoms with van der Waals surface area (Å²) in [6, 6.07) is 12.6. The maximum atomic E-state index is 12.3. The van der Waals surface area contributed by atoms with Crippen LogP contribution in [0.3, 0.4) is 0 Å². The molecule has 1 fully saturated rings. The molecule has 2 N–H and O–H groups in total. The van der Waals surface area contributed by atoms with E-state index in [0.29, 0.717) is 6.54 Å². The summed E-state index contributed by atoms with van der Waals surface area (Å²) >= 11 is 0. The van der Waals surface area contributed by atoms with Gasteiger partial charge in [-0.2, -0.15) is 0 Å². The molecule has 0 radical (unpaired) electrons. The van der Waals surface area contributed by atoms with Crippen molar-refractivity contribution in [3.05, 3.63) is 53.1 Å². The maximum Gasteiger partial charge on any atom is 0.223 e. The molecule has 0 saturated heterocycles. The Bertz CT molecular complexity index is 893. The topological polar surface area (TPSA) is 61.2 Å². The number of carbonyl (C=O) groups is 1. The minimum absolute atomic E-state index is 0.165. The second kappa shape index (κ2) is 8.96. The third-order valence-corrected chi connectivity index (χ3v) is 6.25. The van der Waals surface area contributed by atoms with E-state index >= 15 is 0 Å². The Kier molecular flexibility index (Phi) is 6.13. The fraction of sp³-hybridized carbons (Fsp3) is 0.458. The van der Waals surface area contributed by atoms with Crippen LogP contribution in [-0.4, -0.2) is 40.3 Å². The molecule has 2 aromatic carbocycles. The number of benzene rings is 2. The highest BCUT2D eigenvalue weighted by Crippen LogP contribution is 2.34. The van der Waals surface area contributed by atoms with Crippen LogP contribution in [0, 0.1) is 5.92 Å². The number of hydrogen-bond acceptors (Lipinski definition) is 4. The van der Waals surface area contributed by atoms with E-state index in [9.17, 15) is 4.79 Å². The van der Waals surface area contributed by atoms with E-state index < -0.39 is 0 Å². The van der Waals surface area contributed by atoms with Crippen LogP contribution in [0.15, 0.2) is 36.4 Å². The molecule has 1 aliphatic carbocycles. The summed E-state index contributed by atoms with van der Waals surface area (Å²) in [7, 11) is 5.02. The van der Waals surface area contributed by atoms with Crippen molar-refractivity contribution >= 4 is 5.91 Å². The van der Waals surface area contributed by atoms with Crippen LogP contribution in [0.2, 0.25) is 0 Å². The standard InChI is InChI=1S/C24H30N2O4/c1-28-19-8-4-16(5-9-19)15-26-11-10-18-12-22(29-2)23(30-3)13-20(18)21(26)14-25-24(27)17-6-7-17/h4-5,8-9,12-13,17,21H,6-7,10-11,14-15H2,1-3H3,(H,25,27)/p+1/t21-/m1/s1. The average Bonchev–Trinajstić information content (AvgIpc) is 3.63. The van der Waals surface area contributed by atoms with Gasteiger partial charge in [-0.25, -0.2) is 0 Å². The minimum atomic E-state index is 0.165. The molecule has 1 amide bonds. The highest BCUT2D eigenvalue weighted by atomic mass is 16.5. The first-order chi connectivity index (χ1) is 14.6. The molecule has 4 rings (SSSR count). The third kappa shape index (κ3) is 4.38. The quantitative estimate of drug-likeness (QED) is 0.697. The lowest BCUT2D eigenvalue weighted by Gasteiger charge is -2.35. The number of nitrogens with one attached hydrogen (secondary N) is 2. The molecular formula is C24H31N2O4+. The predicted octanol–water partition coefficient (Wildman–Crippen LogP) is 1.92. The lowest BCUT2D eigenvalue weighted by Crippen LogP contribution is -3.12. The van der Waals surface area contributed by atoms with E-state index in [4.69, 9.17) is 14.2 Å². The zero-order valence-corrected chi connectivity index (χ0v) is 18.0. The van der Waals surface area contributed by atoms with Gasteiger partial charge in [-0.05, 0) is 54.8 Å². The highest BCUT2D eigenvalue weighted by Gasteiger charge is 2.35. The van der Waals surface area contributed by atoms with Gasteiger partial charge in [-0.3, -0.25) is 4.79 Å². The molecule has 1 aliphatic heterocycles. The monoisotopic (exact) mass is 411 g/mol. The molecular weight excluding hydrogens is 380 g/mol. The summed E-state index contributed by atoms with van der Waals surface area (Å²) in [6.45, 7) is 2.52. The van der Waals surface area contributed by atoms with Gasteiger partial charge in [0.05, 0.1) is 34.4 Å². The summed E-state index contributed by atoms with van der Waals surface area (Å²) in [5.74, 6) is 2.76. The van der Waals surface area contributed by atoms with Gasteiger partial charge in [0.2, 0.25) is 5.91 Å². The minimum Gasteiger partial charge on any atom is -0.497 e. The smallest absolute Gasteiger partial charge is 0.223 e. The molecule has 30 heavy (non-hydrogen) atoms. The average molecular weight is 412 g/mol. The lowest BCUT2D eigenvalue weighted by molar-refractivity contribution is -0.945. The van der Waals surface area contributed by atoms with Crippen LogP contribution in [0.25, 0.3) is 0 Å². The SMILES string of the molecule is COc1ccc(C[NH+]2CCc3cc(OC)c(OC)cc3[C@H]2CNC(=O)C2CC2)cc1. The molecule has 0 bridgehead atoms. The van der Waals surface area contributed by atoms with E-state index in [-0.39, 0.29) is 17.9 Å². The fourth-order valence-corrected chi connectivity index (χ4v) is 4.33. The molecule has 1 saturated carbocycles. The lowest BCUT2D eigenvalue weighted by atomic mass is 9.91. The van der Waals surface area contributed by atoms with Crippen LogP contribution >= 0.6 is 0 Å². The molecule has 2 aliphatic rings. The van der Waals surface area contributed by atoms with Crippen molar-refractivity contribution in [2.45, 2.75) is 31.8 Å². The highest BCUT2D eigenvalue weighted by molar-refractivity contribution is 5.80. The van der Waals surface area contributed by atoms with Crippen LogP contribution < -0.4 is 24.4 Å².